The summed E-state index contributed by atoms with van der Waals surface area (Å²) in [4.78, 5) is 12.8. The van der Waals surface area contributed by atoms with E-state index >= 15 is 0 Å². The van der Waals surface area contributed by atoms with Crippen LogP contribution >= 0.6 is 0 Å². The van der Waals surface area contributed by atoms with Crippen LogP contribution in [0.5, 0.6) is 0 Å². The topological polar surface area (TPSA) is 36.9 Å². The first-order valence-electron chi connectivity index (χ1n) is 16.2. The third kappa shape index (κ3) is 3.96. The highest BCUT2D eigenvalue weighted by Gasteiger charge is 2.67. The van der Waals surface area contributed by atoms with Crippen molar-refractivity contribution in [2.45, 2.75) is 169 Å². The molecule has 0 bridgehead atoms. The Balaban J connectivity index is 1.19. The first-order valence-corrected chi connectivity index (χ1v) is 16.2. The zero-order valence-electron chi connectivity index (χ0n) is 26.4. The van der Waals surface area contributed by atoms with Crippen molar-refractivity contribution in [2.75, 3.05) is 0 Å². The van der Waals surface area contributed by atoms with Crippen LogP contribution in [0.25, 0.3) is 0 Å². The average molecular weight is 531 g/mol. The monoisotopic (exact) mass is 530 g/mol. The predicted molar refractivity (Wildman–Crippen MR) is 151 cm³/mol. The summed E-state index contributed by atoms with van der Waals surface area (Å²) in [5.74, 6) is 1.01. The minimum Gasteiger partial charge on any atom is -0.341 e. The van der Waals surface area contributed by atoms with Crippen molar-refractivity contribution in [3.8, 4) is 0 Å². The van der Waals surface area contributed by atoms with Gasteiger partial charge in [0, 0.05) is 12.8 Å². The first kappa shape index (κ1) is 28.0. The lowest BCUT2D eigenvalue weighted by atomic mass is 9.45. The van der Waals surface area contributed by atoms with Gasteiger partial charge in [-0.3, -0.25) is 0 Å². The van der Waals surface area contributed by atoms with E-state index in [-0.39, 0.29) is 11.2 Å². The van der Waals surface area contributed by atoms with Crippen molar-refractivity contribution >= 4 is 0 Å². The maximum absolute atomic E-state index is 6.90. The van der Waals surface area contributed by atoms with Gasteiger partial charge < -0.3 is 9.47 Å². The molecule has 38 heavy (non-hydrogen) atoms. The second kappa shape index (κ2) is 8.23. The van der Waals surface area contributed by atoms with Gasteiger partial charge in [0.1, 0.15) is 0 Å². The SMILES string of the molecule is CC1(C)CCC[C@]2(C)[C@H]3C[C@@](C)(OO[C@]4(C)C[C@@H]5[C@@]6(C)CCCC(C)(C)[C@@H]6CC[C@@]5(C)O4)O[C@]3(C)CC[C@@H]12. The maximum atomic E-state index is 6.90. The van der Waals surface area contributed by atoms with E-state index in [1.165, 1.54) is 51.4 Å². The third-order valence-corrected chi connectivity index (χ3v) is 13.9. The van der Waals surface area contributed by atoms with E-state index in [2.05, 4.69) is 69.2 Å². The van der Waals surface area contributed by atoms with Crippen LogP contribution in [0.4, 0.5) is 0 Å². The highest BCUT2D eigenvalue weighted by atomic mass is 17.3. The smallest absolute Gasteiger partial charge is 0.199 e. The molecule has 2 aliphatic heterocycles. The van der Waals surface area contributed by atoms with E-state index in [1.54, 1.807) is 0 Å². The zero-order valence-corrected chi connectivity index (χ0v) is 26.4. The number of hydrogen-bond acceptors (Lipinski definition) is 4. The van der Waals surface area contributed by atoms with Gasteiger partial charge in [-0.25, -0.2) is 0 Å². The van der Waals surface area contributed by atoms with Crippen LogP contribution in [0.3, 0.4) is 0 Å². The van der Waals surface area contributed by atoms with Gasteiger partial charge in [0.15, 0.2) is 11.6 Å². The van der Waals surface area contributed by atoms with E-state index in [4.69, 9.17) is 19.2 Å². The first-order chi connectivity index (χ1) is 17.4. The molecule has 6 rings (SSSR count). The molecule has 0 N–H and O–H groups in total. The Morgan fingerprint density at radius 1 is 0.474 bits per heavy atom. The van der Waals surface area contributed by atoms with Gasteiger partial charge in [-0.05, 0) is 124 Å². The molecule has 0 aromatic rings. The molecular weight excluding hydrogens is 472 g/mol. The second-order valence-electron chi connectivity index (χ2n) is 17.7. The average Bonchev–Trinajstić information content (AvgIpc) is 3.23. The maximum Gasteiger partial charge on any atom is 0.199 e. The van der Waals surface area contributed by atoms with E-state index in [9.17, 15) is 0 Å². The number of ether oxygens (including phenoxy) is 2. The van der Waals surface area contributed by atoms with E-state index in [0.29, 0.717) is 33.5 Å². The summed E-state index contributed by atoms with van der Waals surface area (Å²) >= 11 is 0. The molecule has 6 aliphatic rings. The van der Waals surface area contributed by atoms with Crippen LogP contribution in [0.2, 0.25) is 0 Å². The fraction of sp³-hybridized carbons (Fsp3) is 1.00. The minimum atomic E-state index is -0.737. The lowest BCUT2D eigenvalue weighted by Crippen LogP contribution is -2.55. The molecule has 4 heteroatoms. The minimum absolute atomic E-state index is 0.150. The van der Waals surface area contributed by atoms with E-state index < -0.39 is 11.6 Å². The van der Waals surface area contributed by atoms with Gasteiger partial charge in [-0.2, -0.15) is 9.78 Å². The molecule has 0 unspecified atom stereocenters. The van der Waals surface area contributed by atoms with Crippen LogP contribution in [-0.2, 0) is 19.2 Å². The molecule has 218 valence electrons. The highest BCUT2D eigenvalue weighted by molar-refractivity contribution is 5.13. The molecule has 10 atom stereocenters. The third-order valence-electron chi connectivity index (χ3n) is 13.9. The van der Waals surface area contributed by atoms with Gasteiger partial charge in [0.2, 0.25) is 0 Å². The van der Waals surface area contributed by atoms with Crippen molar-refractivity contribution in [3.63, 3.8) is 0 Å². The number of fused-ring (bicyclic) bond motifs is 6. The standard InChI is InChI=1S/C34H58O4/c1-27(2)15-11-17-29(5)23(27)13-19-31(7)25(29)21-33(9,35-31)37-38-34(10)22-26-30(6)18-12-16-28(3,4)24(30)14-20-32(26,8)36-34/h23-26H,11-22H2,1-10H3/t23-,24-,25+,26+,29-,30-,31+,32+,33+,34+/m0/s1. The molecule has 6 fully saturated rings. The summed E-state index contributed by atoms with van der Waals surface area (Å²) in [7, 11) is 0. The fourth-order valence-electron chi connectivity index (χ4n) is 12.4. The summed E-state index contributed by atoms with van der Waals surface area (Å²) in [6, 6.07) is 0. The van der Waals surface area contributed by atoms with E-state index in [0.717, 1.165) is 37.5 Å². The quantitative estimate of drug-likeness (QED) is 0.269. The van der Waals surface area contributed by atoms with Crippen LogP contribution in [0.15, 0.2) is 0 Å². The molecule has 2 heterocycles. The summed E-state index contributed by atoms with van der Waals surface area (Å²) in [6.07, 6.45) is 14.5. The Bertz CT molecular complexity index is 884. The Kier molecular flexibility index (Phi) is 6.06. The van der Waals surface area contributed by atoms with Gasteiger partial charge in [0.05, 0.1) is 11.2 Å². The van der Waals surface area contributed by atoms with Crippen molar-refractivity contribution in [3.05, 3.63) is 0 Å². The van der Waals surface area contributed by atoms with Crippen molar-refractivity contribution in [2.24, 2.45) is 45.3 Å². The molecule has 4 nitrogen and oxygen atoms in total. The number of hydrogen-bond donors (Lipinski definition) is 0. The molecule has 0 aromatic heterocycles. The van der Waals surface area contributed by atoms with Gasteiger partial charge in [-0.1, -0.05) is 54.4 Å². The Labute approximate surface area is 233 Å². The van der Waals surface area contributed by atoms with E-state index in [1.807, 2.05) is 0 Å². The van der Waals surface area contributed by atoms with Gasteiger partial charge in [-0.15, -0.1) is 0 Å². The predicted octanol–water partition coefficient (Wildman–Crippen LogP) is 9.21. The van der Waals surface area contributed by atoms with Crippen LogP contribution < -0.4 is 0 Å². The van der Waals surface area contributed by atoms with Crippen LogP contribution in [0.1, 0.15) is 146 Å². The lowest BCUT2D eigenvalue weighted by Gasteiger charge is -2.60. The van der Waals surface area contributed by atoms with Gasteiger partial charge >= 0.3 is 0 Å². The van der Waals surface area contributed by atoms with Gasteiger partial charge in [0.25, 0.3) is 0 Å². The Morgan fingerprint density at radius 3 is 1.21 bits per heavy atom. The molecule has 0 spiro atoms. The largest absolute Gasteiger partial charge is 0.341 e. The Morgan fingerprint density at radius 2 is 0.842 bits per heavy atom. The molecule has 4 saturated carbocycles. The summed E-state index contributed by atoms with van der Waals surface area (Å²) < 4.78 is 13.8. The highest BCUT2D eigenvalue weighted by Crippen LogP contribution is 2.69. The second-order valence-corrected chi connectivity index (χ2v) is 17.7. The molecular formula is C34H58O4. The normalized spacial score (nSPS) is 57.0. The number of rotatable bonds is 3. The molecule has 2 saturated heterocycles. The molecule has 0 aromatic carbocycles. The fourth-order valence-corrected chi connectivity index (χ4v) is 12.4. The molecule has 0 amide bonds. The lowest BCUT2D eigenvalue weighted by molar-refractivity contribution is -0.496. The van der Waals surface area contributed by atoms with Crippen molar-refractivity contribution in [1.82, 2.24) is 0 Å². The summed E-state index contributed by atoms with van der Waals surface area (Å²) in [6.45, 7) is 24.1. The Hall–Kier alpha value is -0.160. The molecule has 4 aliphatic carbocycles. The van der Waals surface area contributed by atoms with Crippen molar-refractivity contribution < 1.29 is 19.2 Å². The molecule has 0 radical (unpaired) electrons. The summed E-state index contributed by atoms with van der Waals surface area (Å²) in [5.41, 5.74) is 1.10. The summed E-state index contributed by atoms with van der Waals surface area (Å²) in [5, 5.41) is 0. The zero-order chi connectivity index (χ0) is 27.6. The van der Waals surface area contributed by atoms with Crippen LogP contribution in [0, 0.1) is 45.3 Å². The van der Waals surface area contributed by atoms with Crippen LogP contribution in [-0.4, -0.2) is 22.8 Å². The van der Waals surface area contributed by atoms with Crippen molar-refractivity contribution in [1.29, 1.82) is 0 Å².